The predicted octanol–water partition coefficient (Wildman–Crippen LogP) is -0.416. The molecule has 1 rings (SSSR count). The number of carbonyl (C=O) groups excluding carboxylic acids is 2. The number of carbonyl (C=O) groups is 2. The van der Waals surface area contributed by atoms with Gasteiger partial charge >= 0.3 is 11.8 Å². The van der Waals surface area contributed by atoms with Gasteiger partial charge in [-0.15, -0.1) is 0 Å². The number of amides is 2. The van der Waals surface area contributed by atoms with E-state index in [0.29, 0.717) is 0 Å². The minimum absolute atomic E-state index is 0.0473. The number of alkyl halides is 4. The van der Waals surface area contributed by atoms with E-state index in [1.807, 2.05) is 0 Å². The third kappa shape index (κ3) is 2.67. The summed E-state index contributed by atoms with van der Waals surface area (Å²) in [6, 6.07) is -3.06. The number of nitriles is 1. The highest BCUT2D eigenvalue weighted by Crippen LogP contribution is 2.45. The van der Waals surface area contributed by atoms with Gasteiger partial charge in [-0.3, -0.25) is 9.59 Å². The number of rotatable bonds is 4. The molecular weight excluding hydrogens is 284 g/mol. The van der Waals surface area contributed by atoms with Crippen LogP contribution in [0.1, 0.15) is 12.8 Å². The van der Waals surface area contributed by atoms with Crippen LogP contribution >= 0.6 is 0 Å². The molecule has 2 amide bonds. The molecule has 112 valence electrons. The summed E-state index contributed by atoms with van der Waals surface area (Å²) in [5.41, 5.74) is 10.2. The Morgan fingerprint density at radius 1 is 1.40 bits per heavy atom. The van der Waals surface area contributed by atoms with E-state index in [9.17, 15) is 27.2 Å². The molecule has 0 radical (unpaired) electrons. The third-order valence-electron chi connectivity index (χ3n) is 2.94. The van der Waals surface area contributed by atoms with Crippen molar-refractivity contribution >= 4 is 11.8 Å². The summed E-state index contributed by atoms with van der Waals surface area (Å²) in [5.74, 6) is -11.2. The first-order valence-electron chi connectivity index (χ1n) is 5.54. The lowest BCUT2D eigenvalue weighted by Gasteiger charge is -2.23. The fourth-order valence-corrected chi connectivity index (χ4v) is 1.80. The van der Waals surface area contributed by atoms with Crippen LogP contribution in [0.2, 0.25) is 0 Å². The topological polar surface area (TPSA) is 113 Å². The Morgan fingerprint density at radius 3 is 2.40 bits per heavy atom. The summed E-state index contributed by atoms with van der Waals surface area (Å²) in [4.78, 5) is 22.3. The van der Waals surface area contributed by atoms with Gasteiger partial charge < -0.3 is 16.4 Å². The van der Waals surface area contributed by atoms with Gasteiger partial charge in [0.05, 0.1) is 18.7 Å². The number of nitrogens with zero attached hydrogens (tertiary/aromatic N) is 2. The molecule has 0 aromatic rings. The van der Waals surface area contributed by atoms with E-state index >= 15 is 0 Å². The van der Waals surface area contributed by atoms with Crippen molar-refractivity contribution in [1.29, 1.82) is 5.26 Å². The average molecular weight is 296 g/mol. The molecule has 10 heteroatoms. The quantitative estimate of drug-likeness (QED) is 0.686. The van der Waals surface area contributed by atoms with E-state index < -0.39 is 42.3 Å². The highest BCUT2D eigenvalue weighted by Gasteiger charge is 2.70. The second-order valence-electron chi connectivity index (χ2n) is 4.44. The zero-order valence-corrected chi connectivity index (χ0v) is 10.2. The smallest absolute Gasteiger partial charge is 0.345 e. The van der Waals surface area contributed by atoms with Gasteiger partial charge in [-0.2, -0.15) is 22.8 Å². The van der Waals surface area contributed by atoms with Crippen LogP contribution in [0.3, 0.4) is 0 Å². The molecule has 1 fully saturated rings. The van der Waals surface area contributed by atoms with E-state index in [1.54, 1.807) is 0 Å². The van der Waals surface area contributed by atoms with Gasteiger partial charge in [-0.1, -0.05) is 0 Å². The van der Waals surface area contributed by atoms with Gasteiger partial charge in [0.25, 0.3) is 0 Å². The predicted molar refractivity (Wildman–Crippen MR) is 57.4 cm³/mol. The Morgan fingerprint density at radius 2 is 1.95 bits per heavy atom. The van der Waals surface area contributed by atoms with Gasteiger partial charge in [0.2, 0.25) is 11.8 Å². The number of hydrogen-bond acceptors (Lipinski definition) is 4. The molecule has 1 aliphatic heterocycles. The molecule has 0 spiro atoms. The van der Waals surface area contributed by atoms with Gasteiger partial charge in [0, 0.05) is 6.42 Å². The molecule has 0 bridgehead atoms. The van der Waals surface area contributed by atoms with Crippen molar-refractivity contribution in [3.05, 3.63) is 0 Å². The molecule has 0 saturated carbocycles. The molecular formula is C10H12F4N4O2. The molecule has 1 aliphatic rings. The van der Waals surface area contributed by atoms with E-state index in [4.69, 9.17) is 16.7 Å². The Labute approximate surface area is 111 Å². The molecule has 0 aliphatic carbocycles. The van der Waals surface area contributed by atoms with Crippen molar-refractivity contribution in [1.82, 2.24) is 4.90 Å². The lowest BCUT2D eigenvalue weighted by molar-refractivity contribution is -0.180. The summed E-state index contributed by atoms with van der Waals surface area (Å²) in [6.07, 6.45) is -0.579. The number of halogens is 4. The Hall–Kier alpha value is -1.89. The summed E-state index contributed by atoms with van der Waals surface area (Å²) in [6.45, 7) is -1.60. The summed E-state index contributed by atoms with van der Waals surface area (Å²) in [5, 5.41) is 8.58. The Kier molecular flexibility index (Phi) is 4.24. The minimum atomic E-state index is -4.65. The average Bonchev–Trinajstić information content (AvgIpc) is 2.51. The van der Waals surface area contributed by atoms with Crippen LogP contribution in [0.15, 0.2) is 0 Å². The Bertz CT molecular complexity index is 463. The molecule has 0 unspecified atom stereocenters. The molecule has 4 N–H and O–H groups in total. The standard InChI is InChI=1S/C10H12F4N4O2/c11-9(12)4-18(6(3-15)10(9,13)14)8(20)5(16)1-2-7(17)19/h5-6H,1-2,4,16H2,(H2,17,19)/t5-,6-/m0/s1. The summed E-state index contributed by atoms with van der Waals surface area (Å²) in [7, 11) is 0. The maximum Gasteiger partial charge on any atom is 0.345 e. The van der Waals surface area contributed by atoms with E-state index in [0.717, 1.165) is 6.07 Å². The first kappa shape index (κ1) is 16.2. The highest BCUT2D eigenvalue weighted by atomic mass is 19.3. The maximum absolute atomic E-state index is 13.3. The van der Waals surface area contributed by atoms with Crippen LogP contribution in [-0.4, -0.2) is 47.2 Å². The molecule has 1 saturated heterocycles. The van der Waals surface area contributed by atoms with Crippen LogP contribution in [0, 0.1) is 11.3 Å². The molecule has 20 heavy (non-hydrogen) atoms. The molecule has 6 nitrogen and oxygen atoms in total. The number of nitrogens with two attached hydrogens (primary N) is 2. The maximum atomic E-state index is 13.3. The Balaban J connectivity index is 2.89. The van der Waals surface area contributed by atoms with Crippen LogP contribution < -0.4 is 11.5 Å². The zero-order chi connectivity index (χ0) is 15.7. The van der Waals surface area contributed by atoms with Gasteiger partial charge in [-0.25, -0.2) is 0 Å². The molecule has 0 aromatic carbocycles. The number of likely N-dealkylation sites (tertiary alicyclic amines) is 1. The fraction of sp³-hybridized carbons (Fsp3) is 0.700. The number of primary amides is 1. The van der Waals surface area contributed by atoms with E-state index in [1.165, 1.54) is 0 Å². The van der Waals surface area contributed by atoms with Crippen LogP contribution in [-0.2, 0) is 9.59 Å². The number of hydrogen-bond donors (Lipinski definition) is 2. The second kappa shape index (κ2) is 5.24. The third-order valence-corrected chi connectivity index (χ3v) is 2.94. The molecule has 2 atom stereocenters. The van der Waals surface area contributed by atoms with Gasteiger partial charge in [0.15, 0.2) is 6.04 Å². The molecule has 0 aromatic heterocycles. The summed E-state index contributed by atoms with van der Waals surface area (Å²) >= 11 is 0. The molecule has 1 heterocycles. The minimum Gasteiger partial charge on any atom is -0.370 e. The lowest BCUT2D eigenvalue weighted by atomic mass is 10.1. The largest absolute Gasteiger partial charge is 0.370 e. The van der Waals surface area contributed by atoms with Crippen molar-refractivity contribution in [2.45, 2.75) is 36.8 Å². The first-order valence-corrected chi connectivity index (χ1v) is 5.54. The van der Waals surface area contributed by atoms with E-state index in [-0.39, 0.29) is 17.7 Å². The van der Waals surface area contributed by atoms with Crippen molar-refractivity contribution < 1.29 is 27.2 Å². The van der Waals surface area contributed by atoms with Crippen molar-refractivity contribution in [2.24, 2.45) is 11.5 Å². The van der Waals surface area contributed by atoms with Crippen LogP contribution in [0.4, 0.5) is 17.6 Å². The van der Waals surface area contributed by atoms with Crippen LogP contribution in [0.25, 0.3) is 0 Å². The second-order valence-corrected chi connectivity index (χ2v) is 4.44. The van der Waals surface area contributed by atoms with E-state index in [2.05, 4.69) is 0 Å². The van der Waals surface area contributed by atoms with Crippen molar-refractivity contribution in [3.8, 4) is 6.07 Å². The first-order chi connectivity index (χ1) is 9.04. The summed E-state index contributed by atoms with van der Waals surface area (Å²) < 4.78 is 52.9. The van der Waals surface area contributed by atoms with Gasteiger partial charge in [0.1, 0.15) is 0 Å². The normalized spacial score (nSPS) is 25.0. The highest BCUT2D eigenvalue weighted by molar-refractivity contribution is 5.84. The van der Waals surface area contributed by atoms with Gasteiger partial charge in [-0.05, 0) is 6.42 Å². The SMILES string of the molecule is N#C[C@@H]1N(C(=O)[C@@H](N)CCC(N)=O)CC(F)(F)C1(F)F. The van der Waals surface area contributed by atoms with Crippen molar-refractivity contribution in [3.63, 3.8) is 0 Å². The lowest BCUT2D eigenvalue weighted by Crippen LogP contribution is -2.49. The van der Waals surface area contributed by atoms with Crippen LogP contribution in [0.5, 0.6) is 0 Å². The monoisotopic (exact) mass is 296 g/mol. The zero-order valence-electron chi connectivity index (χ0n) is 10.2. The fourth-order valence-electron chi connectivity index (χ4n) is 1.80. The van der Waals surface area contributed by atoms with Crippen molar-refractivity contribution in [2.75, 3.05) is 6.54 Å².